The van der Waals surface area contributed by atoms with Gasteiger partial charge >= 0.3 is 80.5 Å². The van der Waals surface area contributed by atoms with Crippen LogP contribution >= 0.6 is 0 Å². The van der Waals surface area contributed by atoms with Gasteiger partial charge in [-0.05, 0) is 0 Å². The van der Waals surface area contributed by atoms with Crippen LogP contribution < -0.4 is 5.32 Å². The molecule has 1 aliphatic carbocycles. The van der Waals surface area contributed by atoms with E-state index in [2.05, 4.69) is 21.3 Å². The molecule has 2 N–H and O–H groups in total. The third-order valence-corrected chi connectivity index (χ3v) is 2.34. The van der Waals surface area contributed by atoms with Gasteiger partial charge in [0, 0.05) is 0 Å². The summed E-state index contributed by atoms with van der Waals surface area (Å²) in [6.07, 6.45) is 8.86. The quantitative estimate of drug-likeness (QED) is 0.542. The molecular formula is C9H12NOSe-. The van der Waals surface area contributed by atoms with Gasteiger partial charge < -0.3 is 0 Å². The molecule has 0 spiro atoms. The molecule has 0 bridgehead atoms. The minimum atomic E-state index is 0.237. The van der Waals surface area contributed by atoms with Crippen molar-refractivity contribution in [3.05, 3.63) is 34.5 Å². The van der Waals surface area contributed by atoms with Crippen molar-refractivity contribution in [1.82, 2.24) is 5.32 Å². The van der Waals surface area contributed by atoms with E-state index in [4.69, 9.17) is 5.11 Å². The summed E-state index contributed by atoms with van der Waals surface area (Å²) in [6.45, 7) is 1.05. The summed E-state index contributed by atoms with van der Waals surface area (Å²) in [5.74, 6) is 0. The fourth-order valence-electron chi connectivity index (χ4n) is 0.908. The molecule has 0 aromatic heterocycles. The van der Waals surface area contributed by atoms with Gasteiger partial charge in [0.2, 0.25) is 0 Å². The Labute approximate surface area is 80.9 Å². The zero-order valence-electron chi connectivity index (χ0n) is 6.79. The topological polar surface area (TPSA) is 32.3 Å². The molecule has 2 nitrogen and oxygen atoms in total. The number of allylic oxidation sites excluding steroid dienone is 5. The average Bonchev–Trinajstić information content (AvgIpc) is 2.56. The Morgan fingerprint density at radius 2 is 2.08 bits per heavy atom. The van der Waals surface area contributed by atoms with E-state index in [1.807, 2.05) is 24.3 Å². The summed E-state index contributed by atoms with van der Waals surface area (Å²) in [5.41, 5.74) is 1.17. The van der Waals surface area contributed by atoms with Crippen LogP contribution in [0.4, 0.5) is 0 Å². The van der Waals surface area contributed by atoms with E-state index in [-0.39, 0.29) is 6.61 Å². The summed E-state index contributed by atoms with van der Waals surface area (Å²) in [6, 6.07) is 0. The Morgan fingerprint density at radius 3 is 2.67 bits per heavy atom. The summed E-state index contributed by atoms with van der Waals surface area (Å²) in [4.78, 5) is 0. The SMILES string of the molecule is OCCCNC([Se-])=C1C=CC=C1. The molecule has 66 valence electrons. The maximum atomic E-state index is 8.55. The van der Waals surface area contributed by atoms with Gasteiger partial charge in [-0.2, -0.15) is 0 Å². The minimum absolute atomic E-state index is 0.237. The van der Waals surface area contributed by atoms with Crippen molar-refractivity contribution < 1.29 is 5.11 Å². The van der Waals surface area contributed by atoms with Crippen LogP contribution in [-0.2, 0) is 0 Å². The van der Waals surface area contributed by atoms with Gasteiger partial charge in [0.1, 0.15) is 0 Å². The van der Waals surface area contributed by atoms with Crippen molar-refractivity contribution in [2.24, 2.45) is 0 Å². The van der Waals surface area contributed by atoms with Crippen LogP contribution in [0.2, 0.25) is 0 Å². The number of hydrogen-bond donors (Lipinski definition) is 2. The van der Waals surface area contributed by atoms with E-state index in [9.17, 15) is 0 Å². The van der Waals surface area contributed by atoms with Gasteiger partial charge in [-0.25, -0.2) is 0 Å². The van der Waals surface area contributed by atoms with Crippen LogP contribution in [0.25, 0.3) is 0 Å². The predicted octanol–water partition coefficient (Wildman–Crippen LogP) is 0.464. The van der Waals surface area contributed by atoms with Crippen LogP contribution in [0, 0.1) is 0 Å². The molecule has 0 fully saturated rings. The first-order valence-electron chi connectivity index (χ1n) is 3.95. The monoisotopic (exact) mass is 230 g/mol. The Morgan fingerprint density at radius 1 is 1.42 bits per heavy atom. The van der Waals surface area contributed by atoms with E-state index in [0.29, 0.717) is 0 Å². The van der Waals surface area contributed by atoms with Crippen LogP contribution in [0.1, 0.15) is 6.42 Å². The number of hydrogen-bond acceptors (Lipinski definition) is 2. The molecule has 0 saturated heterocycles. The maximum absolute atomic E-state index is 8.55. The zero-order valence-corrected chi connectivity index (χ0v) is 8.50. The van der Waals surface area contributed by atoms with E-state index in [1.54, 1.807) is 0 Å². The number of nitrogens with one attached hydrogen (secondary N) is 1. The first-order chi connectivity index (χ1) is 5.84. The van der Waals surface area contributed by atoms with Gasteiger partial charge in [0.05, 0.1) is 0 Å². The van der Waals surface area contributed by atoms with Crippen molar-refractivity contribution in [3.8, 4) is 0 Å². The van der Waals surface area contributed by atoms with Gasteiger partial charge in [0.25, 0.3) is 0 Å². The van der Waals surface area contributed by atoms with Crippen LogP contribution in [0.3, 0.4) is 0 Å². The van der Waals surface area contributed by atoms with E-state index in [0.717, 1.165) is 17.6 Å². The second-order valence-electron chi connectivity index (χ2n) is 2.51. The fraction of sp³-hybridized carbons (Fsp3) is 0.333. The molecule has 0 unspecified atom stereocenters. The van der Waals surface area contributed by atoms with E-state index >= 15 is 0 Å². The van der Waals surface area contributed by atoms with Gasteiger partial charge in [-0.3, -0.25) is 0 Å². The normalized spacial score (nSPS) is 13.9. The van der Waals surface area contributed by atoms with E-state index < -0.39 is 0 Å². The van der Waals surface area contributed by atoms with Crippen molar-refractivity contribution in [1.29, 1.82) is 0 Å². The summed E-state index contributed by atoms with van der Waals surface area (Å²) in [5, 5.41) is 11.7. The standard InChI is InChI=1S/C9H13NOSe/c11-7-3-6-10-9(12)8-4-1-2-5-8/h1-2,4-5,10-12H,3,6-7H2/p-1. The van der Waals surface area contributed by atoms with Gasteiger partial charge in [0.15, 0.2) is 0 Å². The number of rotatable bonds is 4. The van der Waals surface area contributed by atoms with Crippen LogP contribution in [0.5, 0.6) is 0 Å². The molecule has 0 heterocycles. The third-order valence-electron chi connectivity index (χ3n) is 1.55. The van der Waals surface area contributed by atoms with Crippen molar-refractivity contribution in [2.45, 2.75) is 6.42 Å². The number of aliphatic hydroxyl groups is 1. The Bertz CT molecular complexity index is 217. The molecule has 0 saturated carbocycles. The Hall–Kier alpha value is -0.501. The second-order valence-corrected chi connectivity index (χ2v) is 3.36. The second kappa shape index (κ2) is 5.20. The zero-order chi connectivity index (χ0) is 8.81. The van der Waals surface area contributed by atoms with Crippen molar-refractivity contribution in [2.75, 3.05) is 13.2 Å². The number of aliphatic hydroxyl groups excluding tert-OH is 1. The molecule has 0 radical (unpaired) electrons. The van der Waals surface area contributed by atoms with Crippen molar-refractivity contribution >= 4 is 16.0 Å². The summed E-state index contributed by atoms with van der Waals surface area (Å²) >= 11 is 2.96. The molecular weight excluding hydrogens is 217 g/mol. The van der Waals surface area contributed by atoms with E-state index in [1.165, 1.54) is 5.57 Å². The first-order valence-corrected chi connectivity index (χ1v) is 4.81. The molecule has 3 heteroatoms. The Balaban J connectivity index is 2.36. The summed E-state index contributed by atoms with van der Waals surface area (Å²) in [7, 11) is 0. The first kappa shape index (κ1) is 9.59. The van der Waals surface area contributed by atoms with Crippen LogP contribution in [0.15, 0.2) is 34.5 Å². The molecule has 0 aromatic carbocycles. The molecule has 1 aliphatic rings. The third kappa shape index (κ3) is 2.86. The molecule has 0 aliphatic heterocycles. The predicted molar refractivity (Wildman–Crippen MR) is 50.8 cm³/mol. The molecule has 0 atom stereocenters. The van der Waals surface area contributed by atoms with Crippen molar-refractivity contribution in [3.63, 3.8) is 0 Å². The van der Waals surface area contributed by atoms with Crippen LogP contribution in [-0.4, -0.2) is 34.3 Å². The molecule has 12 heavy (non-hydrogen) atoms. The fourth-order valence-corrected chi connectivity index (χ4v) is 1.41. The van der Waals surface area contributed by atoms with Gasteiger partial charge in [-0.1, -0.05) is 0 Å². The summed E-state index contributed by atoms with van der Waals surface area (Å²) < 4.78 is 1.05. The average molecular weight is 229 g/mol. The molecule has 0 amide bonds. The Kier molecular flexibility index (Phi) is 4.15. The molecule has 1 rings (SSSR count). The molecule has 0 aromatic rings. The van der Waals surface area contributed by atoms with Gasteiger partial charge in [-0.15, -0.1) is 0 Å².